The molecular weight excluding hydrogens is 338 g/mol. The van der Waals surface area contributed by atoms with Gasteiger partial charge in [0.05, 0.1) is 12.2 Å². The summed E-state index contributed by atoms with van der Waals surface area (Å²) in [6, 6.07) is 7.22. The highest BCUT2D eigenvalue weighted by Crippen LogP contribution is 2.22. The van der Waals surface area contributed by atoms with Gasteiger partial charge in [-0.05, 0) is 76.2 Å². The molecule has 2 aliphatic heterocycles. The minimum atomic E-state index is -0.0313. The van der Waals surface area contributed by atoms with E-state index in [0.29, 0.717) is 23.7 Å². The number of piperidine rings is 2. The standard InChI is InChI=1S/C22H33N3O2/c1-17-9-12-24(13-10-17)14-19-6-5-11-25(15-19)16-22(27)23-21-8-4-3-7-20(21)18(2)26/h3-4,7-8,17,19H,5-6,9-16H2,1-2H3,(H,23,27). The van der Waals surface area contributed by atoms with Crippen LogP contribution < -0.4 is 5.32 Å². The van der Waals surface area contributed by atoms with Crippen LogP contribution in [0.25, 0.3) is 0 Å². The molecule has 27 heavy (non-hydrogen) atoms. The summed E-state index contributed by atoms with van der Waals surface area (Å²) >= 11 is 0. The van der Waals surface area contributed by atoms with E-state index in [9.17, 15) is 9.59 Å². The Bertz CT molecular complexity index is 653. The fraction of sp³-hybridized carbons (Fsp3) is 0.636. The van der Waals surface area contributed by atoms with Gasteiger partial charge in [-0.1, -0.05) is 19.1 Å². The maximum atomic E-state index is 12.5. The van der Waals surface area contributed by atoms with Gasteiger partial charge in [0.15, 0.2) is 5.78 Å². The first-order chi connectivity index (χ1) is 13.0. The number of nitrogens with one attached hydrogen (secondary N) is 1. The summed E-state index contributed by atoms with van der Waals surface area (Å²) in [4.78, 5) is 29.1. The second kappa shape index (κ2) is 9.47. The van der Waals surface area contributed by atoms with Crippen molar-refractivity contribution in [2.75, 3.05) is 44.6 Å². The molecule has 1 amide bonds. The van der Waals surface area contributed by atoms with Crippen LogP contribution in [0.4, 0.5) is 5.69 Å². The van der Waals surface area contributed by atoms with Crippen molar-refractivity contribution in [1.82, 2.24) is 9.80 Å². The molecule has 0 spiro atoms. The van der Waals surface area contributed by atoms with Crippen LogP contribution in [-0.4, -0.2) is 60.8 Å². The average Bonchev–Trinajstić information content (AvgIpc) is 2.64. The Morgan fingerprint density at radius 2 is 1.81 bits per heavy atom. The summed E-state index contributed by atoms with van der Waals surface area (Å²) in [5.74, 6) is 1.46. The molecule has 0 radical (unpaired) electrons. The first-order valence-corrected chi connectivity index (χ1v) is 10.4. The predicted octanol–water partition coefficient (Wildman–Crippen LogP) is 3.27. The highest BCUT2D eigenvalue weighted by molar-refractivity contribution is 6.04. The molecule has 0 aromatic heterocycles. The normalized spacial score (nSPS) is 22.5. The molecule has 0 bridgehead atoms. The number of likely N-dealkylation sites (tertiary alicyclic amines) is 2. The number of carbonyl (C=O) groups is 2. The van der Waals surface area contributed by atoms with Crippen LogP contribution in [0.2, 0.25) is 0 Å². The number of anilines is 1. The summed E-state index contributed by atoms with van der Waals surface area (Å²) in [7, 11) is 0. The number of amides is 1. The second-order valence-corrected chi connectivity index (χ2v) is 8.38. The van der Waals surface area contributed by atoms with Crippen LogP contribution in [0.15, 0.2) is 24.3 Å². The smallest absolute Gasteiger partial charge is 0.238 e. The molecule has 2 heterocycles. The van der Waals surface area contributed by atoms with Crippen molar-refractivity contribution in [2.45, 2.75) is 39.5 Å². The van der Waals surface area contributed by atoms with Crippen molar-refractivity contribution in [3.8, 4) is 0 Å². The Hall–Kier alpha value is -1.72. The van der Waals surface area contributed by atoms with Crippen LogP contribution in [0, 0.1) is 11.8 Å². The number of benzene rings is 1. The third-order valence-corrected chi connectivity index (χ3v) is 5.94. The van der Waals surface area contributed by atoms with Crippen molar-refractivity contribution in [3.63, 3.8) is 0 Å². The number of hydrogen-bond acceptors (Lipinski definition) is 4. The average molecular weight is 372 g/mol. The van der Waals surface area contributed by atoms with Gasteiger partial charge >= 0.3 is 0 Å². The van der Waals surface area contributed by atoms with Crippen LogP contribution in [0.3, 0.4) is 0 Å². The zero-order valence-corrected chi connectivity index (χ0v) is 16.7. The Morgan fingerprint density at radius 3 is 2.56 bits per heavy atom. The number of para-hydroxylation sites is 1. The van der Waals surface area contributed by atoms with E-state index in [-0.39, 0.29) is 11.7 Å². The first-order valence-electron chi connectivity index (χ1n) is 10.4. The molecule has 148 valence electrons. The SMILES string of the molecule is CC(=O)c1ccccc1NC(=O)CN1CCCC(CN2CCC(C)CC2)C1. The van der Waals surface area contributed by atoms with Crippen LogP contribution in [0.1, 0.15) is 49.9 Å². The fourth-order valence-electron chi connectivity index (χ4n) is 4.35. The van der Waals surface area contributed by atoms with Crippen molar-refractivity contribution in [1.29, 1.82) is 0 Å². The number of Topliss-reactive ketones (excluding diaryl/α,β-unsaturated/α-hetero) is 1. The Balaban J connectivity index is 1.49. The van der Waals surface area contributed by atoms with E-state index < -0.39 is 0 Å². The molecule has 1 aromatic rings. The number of nitrogens with zero attached hydrogens (tertiary/aromatic N) is 2. The van der Waals surface area contributed by atoms with E-state index in [1.807, 2.05) is 12.1 Å². The third-order valence-electron chi connectivity index (χ3n) is 5.94. The number of ketones is 1. The molecule has 0 aliphatic carbocycles. The summed E-state index contributed by atoms with van der Waals surface area (Å²) in [6.45, 7) is 9.87. The second-order valence-electron chi connectivity index (χ2n) is 8.38. The molecule has 5 heteroatoms. The maximum absolute atomic E-state index is 12.5. The number of rotatable bonds is 6. The lowest BCUT2D eigenvalue weighted by atomic mass is 9.94. The molecule has 1 aromatic carbocycles. The van der Waals surface area contributed by atoms with Crippen LogP contribution in [0.5, 0.6) is 0 Å². The quantitative estimate of drug-likeness (QED) is 0.780. The van der Waals surface area contributed by atoms with Crippen LogP contribution in [-0.2, 0) is 4.79 Å². The van der Waals surface area contributed by atoms with Gasteiger partial charge in [-0.3, -0.25) is 14.5 Å². The van der Waals surface area contributed by atoms with E-state index in [1.165, 1.54) is 39.3 Å². The topological polar surface area (TPSA) is 52.7 Å². The molecule has 1 atom stereocenters. The van der Waals surface area contributed by atoms with Gasteiger partial charge in [-0.15, -0.1) is 0 Å². The largest absolute Gasteiger partial charge is 0.324 e. The van der Waals surface area contributed by atoms with Gasteiger partial charge in [0.2, 0.25) is 5.91 Å². The number of carbonyl (C=O) groups excluding carboxylic acids is 2. The Labute approximate surface area is 163 Å². The molecule has 1 N–H and O–H groups in total. The minimum Gasteiger partial charge on any atom is -0.324 e. The van der Waals surface area contributed by atoms with Gasteiger partial charge in [0.25, 0.3) is 0 Å². The molecule has 2 aliphatic rings. The summed E-state index contributed by atoms with van der Waals surface area (Å²) in [5, 5.41) is 2.93. The fourth-order valence-corrected chi connectivity index (χ4v) is 4.35. The van der Waals surface area contributed by atoms with Crippen molar-refractivity contribution in [2.24, 2.45) is 11.8 Å². The lowest BCUT2D eigenvalue weighted by Crippen LogP contribution is -2.45. The molecule has 0 saturated carbocycles. The van der Waals surface area contributed by atoms with E-state index in [4.69, 9.17) is 0 Å². The highest BCUT2D eigenvalue weighted by atomic mass is 16.2. The van der Waals surface area contributed by atoms with Crippen molar-refractivity contribution < 1.29 is 9.59 Å². The summed E-state index contributed by atoms with van der Waals surface area (Å²) < 4.78 is 0. The Kier molecular flexibility index (Phi) is 7.02. The van der Waals surface area contributed by atoms with E-state index in [1.54, 1.807) is 12.1 Å². The summed E-state index contributed by atoms with van der Waals surface area (Å²) in [6.07, 6.45) is 5.05. The zero-order valence-electron chi connectivity index (χ0n) is 16.7. The molecule has 1 unspecified atom stereocenters. The third kappa shape index (κ3) is 5.88. The maximum Gasteiger partial charge on any atom is 0.238 e. The first kappa shape index (κ1) is 20.0. The lowest BCUT2D eigenvalue weighted by molar-refractivity contribution is -0.117. The number of hydrogen-bond donors (Lipinski definition) is 1. The van der Waals surface area contributed by atoms with Gasteiger partial charge in [0.1, 0.15) is 0 Å². The summed E-state index contributed by atoms with van der Waals surface area (Å²) in [5.41, 5.74) is 1.19. The van der Waals surface area contributed by atoms with E-state index >= 15 is 0 Å². The lowest BCUT2D eigenvalue weighted by Gasteiger charge is -2.37. The van der Waals surface area contributed by atoms with Crippen molar-refractivity contribution >= 4 is 17.4 Å². The predicted molar refractivity (Wildman–Crippen MR) is 109 cm³/mol. The molecule has 2 saturated heterocycles. The monoisotopic (exact) mass is 371 g/mol. The van der Waals surface area contributed by atoms with Gasteiger partial charge in [-0.25, -0.2) is 0 Å². The highest BCUT2D eigenvalue weighted by Gasteiger charge is 2.25. The van der Waals surface area contributed by atoms with Crippen molar-refractivity contribution in [3.05, 3.63) is 29.8 Å². The molecule has 2 fully saturated rings. The van der Waals surface area contributed by atoms with E-state index in [2.05, 4.69) is 22.0 Å². The Morgan fingerprint density at radius 1 is 1.07 bits per heavy atom. The zero-order chi connectivity index (χ0) is 19.2. The van der Waals surface area contributed by atoms with Crippen LogP contribution >= 0.6 is 0 Å². The van der Waals surface area contributed by atoms with Gasteiger partial charge < -0.3 is 10.2 Å². The molecule has 5 nitrogen and oxygen atoms in total. The minimum absolute atomic E-state index is 0.0280. The van der Waals surface area contributed by atoms with Gasteiger partial charge in [0, 0.05) is 18.7 Å². The molecule has 3 rings (SSSR count). The van der Waals surface area contributed by atoms with E-state index in [0.717, 1.165) is 32.0 Å². The molecular formula is C22H33N3O2. The van der Waals surface area contributed by atoms with Gasteiger partial charge in [-0.2, -0.15) is 0 Å².